The molecule has 3 nitrogen and oxygen atoms in total. The SMILES string of the molecule is C#C/C(=C/NCCN(C)C)N=C. The lowest BCUT2D eigenvalue weighted by Crippen LogP contribution is -2.23. The highest BCUT2D eigenvalue weighted by atomic mass is 15.1. The van der Waals surface area contributed by atoms with Crippen molar-refractivity contribution in [2.24, 2.45) is 4.99 Å². The highest BCUT2D eigenvalue weighted by Crippen LogP contribution is 1.87. The zero-order chi connectivity index (χ0) is 9.40. The number of hydrogen-bond donors (Lipinski definition) is 1. The van der Waals surface area contributed by atoms with E-state index in [9.17, 15) is 0 Å². The minimum absolute atomic E-state index is 0.536. The minimum Gasteiger partial charge on any atom is -0.387 e. The van der Waals surface area contributed by atoms with Gasteiger partial charge in [0.2, 0.25) is 0 Å². The van der Waals surface area contributed by atoms with Gasteiger partial charge in [0.25, 0.3) is 0 Å². The minimum atomic E-state index is 0.536. The summed E-state index contributed by atoms with van der Waals surface area (Å²) in [7, 11) is 4.03. The van der Waals surface area contributed by atoms with Crippen molar-refractivity contribution in [3.8, 4) is 12.3 Å². The van der Waals surface area contributed by atoms with Crippen molar-refractivity contribution in [1.29, 1.82) is 0 Å². The Hall–Kier alpha value is -1.27. The highest BCUT2D eigenvalue weighted by molar-refractivity contribution is 5.35. The van der Waals surface area contributed by atoms with Crippen molar-refractivity contribution in [3.05, 3.63) is 11.9 Å². The molecule has 0 aliphatic carbocycles. The van der Waals surface area contributed by atoms with Crippen molar-refractivity contribution in [3.63, 3.8) is 0 Å². The van der Waals surface area contributed by atoms with Gasteiger partial charge in [-0.15, -0.1) is 6.42 Å². The Morgan fingerprint density at radius 2 is 2.42 bits per heavy atom. The summed E-state index contributed by atoms with van der Waals surface area (Å²) in [6, 6.07) is 0. The summed E-state index contributed by atoms with van der Waals surface area (Å²) < 4.78 is 0. The van der Waals surface area contributed by atoms with E-state index in [0.29, 0.717) is 5.70 Å². The first-order valence-electron chi connectivity index (χ1n) is 3.72. The summed E-state index contributed by atoms with van der Waals surface area (Å²) in [6.45, 7) is 5.15. The van der Waals surface area contributed by atoms with E-state index in [0.717, 1.165) is 13.1 Å². The quantitative estimate of drug-likeness (QED) is 0.361. The number of likely N-dealkylation sites (N-methyl/N-ethyl adjacent to an activating group) is 1. The predicted octanol–water partition coefficient (Wildman–Crippen LogP) is 0.313. The predicted molar refractivity (Wildman–Crippen MR) is 53.0 cm³/mol. The second-order valence-electron chi connectivity index (χ2n) is 2.59. The topological polar surface area (TPSA) is 27.6 Å². The fourth-order valence-electron chi connectivity index (χ4n) is 0.590. The molecule has 0 rings (SSSR count). The van der Waals surface area contributed by atoms with Gasteiger partial charge in [-0.2, -0.15) is 0 Å². The van der Waals surface area contributed by atoms with E-state index in [1.807, 2.05) is 14.1 Å². The molecule has 0 aromatic heterocycles. The van der Waals surface area contributed by atoms with Crippen LogP contribution in [0.2, 0.25) is 0 Å². The molecule has 0 aromatic rings. The van der Waals surface area contributed by atoms with Crippen LogP contribution in [0.5, 0.6) is 0 Å². The van der Waals surface area contributed by atoms with E-state index in [1.54, 1.807) is 6.20 Å². The molecule has 0 radical (unpaired) electrons. The van der Waals surface area contributed by atoms with Crippen LogP contribution < -0.4 is 5.32 Å². The Balaban J connectivity index is 3.60. The third-order valence-corrected chi connectivity index (χ3v) is 1.26. The van der Waals surface area contributed by atoms with Crippen LogP contribution in [0.3, 0.4) is 0 Å². The third-order valence-electron chi connectivity index (χ3n) is 1.26. The molecule has 0 aliphatic heterocycles. The normalized spacial score (nSPS) is 11.0. The lowest BCUT2D eigenvalue weighted by atomic mass is 10.5. The number of allylic oxidation sites excluding steroid dienone is 1. The van der Waals surface area contributed by atoms with E-state index in [2.05, 4.69) is 27.8 Å². The summed E-state index contributed by atoms with van der Waals surface area (Å²) in [5, 5.41) is 3.04. The molecule has 0 spiro atoms. The van der Waals surface area contributed by atoms with E-state index < -0.39 is 0 Å². The lowest BCUT2D eigenvalue weighted by molar-refractivity contribution is 0.410. The molecule has 0 saturated heterocycles. The Bertz CT molecular complexity index is 198. The second-order valence-corrected chi connectivity index (χ2v) is 2.59. The number of hydrogen-bond acceptors (Lipinski definition) is 3. The third kappa shape index (κ3) is 5.51. The highest BCUT2D eigenvalue weighted by Gasteiger charge is 1.87. The molecule has 0 atom stereocenters. The van der Waals surface area contributed by atoms with Gasteiger partial charge in [0.15, 0.2) is 0 Å². The van der Waals surface area contributed by atoms with Crippen LogP contribution in [0.1, 0.15) is 0 Å². The number of nitrogens with zero attached hydrogens (tertiary/aromatic N) is 2. The largest absolute Gasteiger partial charge is 0.387 e. The van der Waals surface area contributed by atoms with E-state index in [4.69, 9.17) is 6.42 Å². The van der Waals surface area contributed by atoms with Crippen molar-refractivity contribution >= 4 is 6.72 Å². The van der Waals surface area contributed by atoms with E-state index in [1.165, 1.54) is 0 Å². The molecule has 0 bridgehead atoms. The van der Waals surface area contributed by atoms with Crippen molar-refractivity contribution in [2.75, 3.05) is 27.2 Å². The zero-order valence-corrected chi connectivity index (χ0v) is 7.67. The van der Waals surface area contributed by atoms with Gasteiger partial charge < -0.3 is 10.2 Å². The molecule has 0 amide bonds. The molecule has 3 heteroatoms. The number of terminal acetylenes is 1. The van der Waals surface area contributed by atoms with Crippen LogP contribution in [0.4, 0.5) is 0 Å². The van der Waals surface area contributed by atoms with Gasteiger partial charge in [-0.1, -0.05) is 0 Å². The molecule has 0 saturated carbocycles. The number of rotatable bonds is 5. The van der Waals surface area contributed by atoms with Gasteiger partial charge in [-0.05, 0) is 26.7 Å². The van der Waals surface area contributed by atoms with Crippen molar-refractivity contribution < 1.29 is 0 Å². The number of aliphatic imine (C=N–C) groups is 1. The van der Waals surface area contributed by atoms with Gasteiger partial charge in [0.1, 0.15) is 5.70 Å². The summed E-state index contributed by atoms with van der Waals surface area (Å²) in [5.41, 5.74) is 0.536. The van der Waals surface area contributed by atoms with Crippen molar-refractivity contribution in [1.82, 2.24) is 10.2 Å². The molecular weight excluding hydrogens is 150 g/mol. The average Bonchev–Trinajstić information content (AvgIpc) is 2.04. The standard InChI is InChI=1S/C9H15N3/c1-5-9(10-2)8-11-6-7-12(3)4/h1,8,11H,2,6-7H2,3-4H3/b9-8-. The monoisotopic (exact) mass is 165 g/mol. The van der Waals surface area contributed by atoms with Gasteiger partial charge >= 0.3 is 0 Å². The summed E-state index contributed by atoms with van der Waals surface area (Å²) in [5.74, 6) is 2.40. The zero-order valence-electron chi connectivity index (χ0n) is 7.67. The van der Waals surface area contributed by atoms with Crippen LogP contribution in [-0.4, -0.2) is 38.8 Å². The Morgan fingerprint density at radius 3 is 2.83 bits per heavy atom. The Morgan fingerprint density at radius 1 is 1.75 bits per heavy atom. The number of nitrogens with one attached hydrogen (secondary N) is 1. The molecule has 0 fully saturated rings. The van der Waals surface area contributed by atoms with E-state index in [-0.39, 0.29) is 0 Å². The fourth-order valence-corrected chi connectivity index (χ4v) is 0.590. The molecular formula is C9H15N3. The fraction of sp³-hybridized carbons (Fsp3) is 0.444. The maximum absolute atomic E-state index is 5.12. The van der Waals surface area contributed by atoms with Crippen LogP contribution in [0, 0.1) is 12.3 Å². The molecule has 0 unspecified atom stereocenters. The molecule has 12 heavy (non-hydrogen) atoms. The molecule has 66 valence electrons. The van der Waals surface area contributed by atoms with Gasteiger partial charge in [0, 0.05) is 19.3 Å². The van der Waals surface area contributed by atoms with E-state index >= 15 is 0 Å². The van der Waals surface area contributed by atoms with Gasteiger partial charge in [-0.3, -0.25) is 4.99 Å². The average molecular weight is 165 g/mol. The second kappa shape index (κ2) is 6.44. The first-order chi connectivity index (χ1) is 5.70. The maximum Gasteiger partial charge on any atom is 0.127 e. The molecule has 0 aliphatic rings. The summed E-state index contributed by atoms with van der Waals surface area (Å²) in [6.07, 6.45) is 6.81. The Labute approximate surface area is 74.2 Å². The first kappa shape index (κ1) is 10.7. The smallest absolute Gasteiger partial charge is 0.127 e. The molecule has 1 N–H and O–H groups in total. The lowest BCUT2D eigenvalue weighted by Gasteiger charge is -2.08. The Kier molecular flexibility index (Phi) is 5.76. The van der Waals surface area contributed by atoms with Crippen LogP contribution in [0.25, 0.3) is 0 Å². The van der Waals surface area contributed by atoms with Gasteiger partial charge in [0.05, 0.1) is 0 Å². The molecule has 0 aromatic carbocycles. The van der Waals surface area contributed by atoms with Crippen LogP contribution >= 0.6 is 0 Å². The summed E-state index contributed by atoms with van der Waals surface area (Å²) >= 11 is 0. The summed E-state index contributed by atoms with van der Waals surface area (Å²) in [4.78, 5) is 5.70. The van der Waals surface area contributed by atoms with Gasteiger partial charge in [-0.25, -0.2) is 0 Å². The first-order valence-corrected chi connectivity index (χ1v) is 3.72. The molecule has 0 heterocycles. The maximum atomic E-state index is 5.12. The van der Waals surface area contributed by atoms with Crippen LogP contribution in [0.15, 0.2) is 16.9 Å². The van der Waals surface area contributed by atoms with Crippen LogP contribution in [-0.2, 0) is 0 Å². The van der Waals surface area contributed by atoms with Crippen molar-refractivity contribution in [2.45, 2.75) is 0 Å².